The fourth-order valence-corrected chi connectivity index (χ4v) is 3.66. The van der Waals surface area contributed by atoms with E-state index in [0.717, 1.165) is 6.42 Å². The molecule has 2 rings (SSSR count). The summed E-state index contributed by atoms with van der Waals surface area (Å²) in [5.41, 5.74) is 2.84. The van der Waals surface area contributed by atoms with Gasteiger partial charge in [-0.05, 0) is 57.4 Å². The fraction of sp³-hybridized carbons (Fsp3) is 0.579. The molecule has 0 amide bonds. The first kappa shape index (κ1) is 16.1. The molecule has 2 nitrogen and oxygen atoms in total. The predicted octanol–water partition coefficient (Wildman–Crippen LogP) is 4.91. The van der Waals surface area contributed by atoms with Crippen molar-refractivity contribution in [3.63, 3.8) is 0 Å². The van der Waals surface area contributed by atoms with Crippen LogP contribution in [0.2, 0.25) is 0 Å². The van der Waals surface area contributed by atoms with Crippen LogP contribution < -0.4 is 0 Å². The first-order chi connectivity index (χ1) is 9.74. The standard InChI is InChI=1S/C19H28O2/c1-14-8-7-12-18(2,3)15(14)11-13-19(4,21)16-9-5-6-10-17(16)20/h5-6,9-10,20-21H,7-8,11-13H2,1-4H3. The van der Waals surface area contributed by atoms with E-state index in [-0.39, 0.29) is 11.2 Å². The maximum absolute atomic E-state index is 10.8. The summed E-state index contributed by atoms with van der Waals surface area (Å²) in [5, 5.41) is 20.7. The molecule has 0 spiro atoms. The third-order valence-corrected chi connectivity index (χ3v) is 5.03. The van der Waals surface area contributed by atoms with Crippen LogP contribution in [0.15, 0.2) is 35.4 Å². The van der Waals surface area contributed by atoms with Crippen LogP contribution in [0.3, 0.4) is 0 Å². The molecule has 0 saturated carbocycles. The lowest BCUT2D eigenvalue weighted by molar-refractivity contribution is 0.0440. The summed E-state index contributed by atoms with van der Waals surface area (Å²) in [4.78, 5) is 0. The minimum Gasteiger partial charge on any atom is -0.508 e. The average Bonchev–Trinajstić information content (AvgIpc) is 2.37. The van der Waals surface area contributed by atoms with Crippen LogP contribution in [-0.4, -0.2) is 10.2 Å². The Hall–Kier alpha value is -1.28. The van der Waals surface area contributed by atoms with E-state index in [9.17, 15) is 10.2 Å². The molecular formula is C19H28O2. The molecule has 0 aliphatic heterocycles. The van der Waals surface area contributed by atoms with Gasteiger partial charge in [-0.3, -0.25) is 0 Å². The Kier molecular flexibility index (Phi) is 4.48. The van der Waals surface area contributed by atoms with Gasteiger partial charge >= 0.3 is 0 Å². The Bertz CT molecular complexity index is 538. The maximum Gasteiger partial charge on any atom is 0.121 e. The van der Waals surface area contributed by atoms with Crippen LogP contribution >= 0.6 is 0 Å². The van der Waals surface area contributed by atoms with Crippen LogP contribution in [0.1, 0.15) is 65.4 Å². The van der Waals surface area contributed by atoms with E-state index in [2.05, 4.69) is 20.8 Å². The number of rotatable bonds is 4. The number of phenolic OH excluding ortho intramolecular Hbond substituents is 1. The molecule has 116 valence electrons. The van der Waals surface area contributed by atoms with Crippen molar-refractivity contribution in [3.05, 3.63) is 41.0 Å². The summed E-state index contributed by atoms with van der Waals surface area (Å²) in [5.74, 6) is 0.177. The van der Waals surface area contributed by atoms with Gasteiger partial charge < -0.3 is 10.2 Å². The highest BCUT2D eigenvalue weighted by molar-refractivity contribution is 5.36. The minimum absolute atomic E-state index is 0.177. The van der Waals surface area contributed by atoms with Gasteiger partial charge in [0.25, 0.3) is 0 Å². The number of hydrogen-bond acceptors (Lipinski definition) is 2. The zero-order valence-corrected chi connectivity index (χ0v) is 13.7. The molecule has 21 heavy (non-hydrogen) atoms. The number of para-hydroxylation sites is 1. The van der Waals surface area contributed by atoms with E-state index < -0.39 is 5.60 Å². The van der Waals surface area contributed by atoms with E-state index in [0.29, 0.717) is 12.0 Å². The molecule has 1 atom stereocenters. The average molecular weight is 288 g/mol. The number of aliphatic hydroxyl groups is 1. The van der Waals surface area contributed by atoms with Crippen molar-refractivity contribution in [2.45, 2.75) is 65.4 Å². The molecule has 0 heterocycles. The van der Waals surface area contributed by atoms with Crippen LogP contribution in [0, 0.1) is 5.41 Å². The van der Waals surface area contributed by atoms with E-state index in [1.165, 1.54) is 30.4 Å². The van der Waals surface area contributed by atoms with Crippen LogP contribution in [0.5, 0.6) is 5.75 Å². The third kappa shape index (κ3) is 3.49. The largest absolute Gasteiger partial charge is 0.508 e. The van der Waals surface area contributed by atoms with Gasteiger partial charge in [-0.25, -0.2) is 0 Å². The SMILES string of the molecule is CC1=C(CCC(C)(O)c2ccccc2O)C(C)(C)CCC1. The summed E-state index contributed by atoms with van der Waals surface area (Å²) in [6.07, 6.45) is 5.19. The molecular weight excluding hydrogens is 260 g/mol. The monoisotopic (exact) mass is 288 g/mol. The van der Waals surface area contributed by atoms with Crippen LogP contribution in [-0.2, 0) is 5.60 Å². The number of benzene rings is 1. The van der Waals surface area contributed by atoms with E-state index in [4.69, 9.17) is 0 Å². The second-order valence-corrected chi connectivity index (χ2v) is 7.29. The molecule has 2 N–H and O–H groups in total. The summed E-state index contributed by atoms with van der Waals surface area (Å²) in [6.45, 7) is 8.64. The van der Waals surface area contributed by atoms with Gasteiger partial charge in [0.15, 0.2) is 0 Å². The Balaban J connectivity index is 2.17. The molecule has 1 aromatic rings. The normalized spacial score (nSPS) is 21.2. The van der Waals surface area contributed by atoms with Gasteiger partial charge in [-0.2, -0.15) is 0 Å². The molecule has 1 aliphatic carbocycles. The first-order valence-electron chi connectivity index (χ1n) is 7.94. The Morgan fingerprint density at radius 1 is 1.24 bits per heavy atom. The van der Waals surface area contributed by atoms with Crippen molar-refractivity contribution in [2.24, 2.45) is 5.41 Å². The lowest BCUT2D eigenvalue weighted by atomic mass is 9.70. The lowest BCUT2D eigenvalue weighted by Gasteiger charge is -2.36. The van der Waals surface area contributed by atoms with E-state index in [1.54, 1.807) is 19.1 Å². The van der Waals surface area contributed by atoms with Crippen molar-refractivity contribution in [1.82, 2.24) is 0 Å². The third-order valence-electron chi connectivity index (χ3n) is 5.03. The van der Waals surface area contributed by atoms with Gasteiger partial charge in [-0.1, -0.05) is 43.2 Å². The van der Waals surface area contributed by atoms with Gasteiger partial charge in [0, 0.05) is 5.56 Å². The van der Waals surface area contributed by atoms with E-state index >= 15 is 0 Å². The highest BCUT2D eigenvalue weighted by Crippen LogP contribution is 2.44. The molecule has 1 unspecified atom stereocenters. The van der Waals surface area contributed by atoms with Crippen LogP contribution in [0.25, 0.3) is 0 Å². The zero-order valence-electron chi connectivity index (χ0n) is 13.7. The summed E-state index contributed by atoms with van der Waals surface area (Å²) in [7, 11) is 0. The maximum atomic E-state index is 10.8. The van der Waals surface area contributed by atoms with Crippen molar-refractivity contribution in [3.8, 4) is 5.75 Å². The topological polar surface area (TPSA) is 40.5 Å². The molecule has 0 fully saturated rings. The summed E-state index contributed by atoms with van der Waals surface area (Å²) < 4.78 is 0. The zero-order chi connectivity index (χ0) is 15.7. The highest BCUT2D eigenvalue weighted by atomic mass is 16.3. The molecule has 2 heteroatoms. The Labute approximate surface area is 128 Å². The molecule has 1 aliphatic rings. The number of aromatic hydroxyl groups is 1. The number of allylic oxidation sites excluding steroid dienone is 2. The summed E-state index contributed by atoms with van der Waals surface area (Å²) >= 11 is 0. The van der Waals surface area contributed by atoms with Crippen molar-refractivity contribution < 1.29 is 10.2 Å². The van der Waals surface area contributed by atoms with Gasteiger partial charge in [-0.15, -0.1) is 0 Å². The van der Waals surface area contributed by atoms with Gasteiger partial charge in [0.1, 0.15) is 5.75 Å². The second kappa shape index (κ2) is 5.84. The second-order valence-electron chi connectivity index (χ2n) is 7.29. The molecule has 0 bridgehead atoms. The molecule has 0 radical (unpaired) electrons. The molecule has 0 aromatic heterocycles. The highest BCUT2D eigenvalue weighted by Gasteiger charge is 2.32. The number of phenols is 1. The smallest absolute Gasteiger partial charge is 0.121 e. The Morgan fingerprint density at radius 2 is 1.90 bits per heavy atom. The van der Waals surface area contributed by atoms with E-state index in [1.807, 2.05) is 12.1 Å². The Morgan fingerprint density at radius 3 is 2.52 bits per heavy atom. The van der Waals surface area contributed by atoms with Gasteiger partial charge in [0.2, 0.25) is 0 Å². The lowest BCUT2D eigenvalue weighted by Crippen LogP contribution is -2.25. The minimum atomic E-state index is -0.994. The number of hydrogen-bond donors (Lipinski definition) is 2. The van der Waals surface area contributed by atoms with Crippen LogP contribution in [0.4, 0.5) is 0 Å². The summed E-state index contributed by atoms with van der Waals surface area (Å²) in [6, 6.07) is 7.09. The van der Waals surface area contributed by atoms with Crippen molar-refractivity contribution in [1.29, 1.82) is 0 Å². The van der Waals surface area contributed by atoms with Crippen molar-refractivity contribution in [2.75, 3.05) is 0 Å². The van der Waals surface area contributed by atoms with Crippen molar-refractivity contribution >= 4 is 0 Å². The van der Waals surface area contributed by atoms with Gasteiger partial charge in [0.05, 0.1) is 5.60 Å². The quantitative estimate of drug-likeness (QED) is 0.773. The fourth-order valence-electron chi connectivity index (χ4n) is 3.66. The predicted molar refractivity (Wildman–Crippen MR) is 87.2 cm³/mol. The molecule has 1 aromatic carbocycles. The first-order valence-corrected chi connectivity index (χ1v) is 7.94. The molecule has 0 saturated heterocycles.